The minimum Gasteiger partial charge on any atom is -0.318 e. The number of hydrogen-bond donors (Lipinski definition) is 1. The van der Waals surface area contributed by atoms with Crippen LogP contribution in [0.25, 0.3) is 0 Å². The van der Waals surface area contributed by atoms with Gasteiger partial charge in [-0.25, -0.2) is 4.39 Å². The van der Waals surface area contributed by atoms with Crippen LogP contribution in [0.2, 0.25) is 0 Å². The van der Waals surface area contributed by atoms with Gasteiger partial charge in [0.15, 0.2) is 0 Å². The van der Waals surface area contributed by atoms with E-state index in [4.69, 9.17) is 0 Å². The van der Waals surface area contributed by atoms with Gasteiger partial charge in [-0.05, 0) is 18.6 Å². The van der Waals surface area contributed by atoms with E-state index in [9.17, 15) is 18.0 Å². The maximum atomic E-state index is 13.2. The van der Waals surface area contributed by atoms with Crippen LogP contribution < -0.4 is 5.32 Å². The predicted molar refractivity (Wildman–Crippen MR) is 43.7 cm³/mol. The van der Waals surface area contributed by atoms with E-state index in [0.29, 0.717) is 0 Å². The predicted octanol–water partition coefficient (Wildman–Crippen LogP) is 2.18. The monoisotopic (exact) mass is 201 g/mol. The fraction of sp³-hybridized carbons (Fsp3) is 0.222. The Morgan fingerprint density at radius 3 is 2.57 bits per heavy atom. The molecule has 0 bridgehead atoms. The van der Waals surface area contributed by atoms with Gasteiger partial charge in [0.25, 0.3) is 5.91 Å². The molecule has 1 amide bonds. The molecule has 2 rings (SSSR count). The minimum atomic E-state index is -3.62. The van der Waals surface area contributed by atoms with Crippen LogP contribution in [0.1, 0.15) is 11.1 Å². The molecule has 0 spiro atoms. The lowest BCUT2D eigenvalue weighted by Gasteiger charge is -2.09. The summed E-state index contributed by atoms with van der Waals surface area (Å²) in [5.74, 6) is -5.93. The van der Waals surface area contributed by atoms with Gasteiger partial charge in [-0.1, -0.05) is 6.07 Å². The number of alkyl halides is 2. The maximum Gasteiger partial charge on any atom is 0.352 e. The van der Waals surface area contributed by atoms with Crippen LogP contribution in [0, 0.1) is 12.7 Å². The number of hydrogen-bond acceptors (Lipinski definition) is 1. The minimum absolute atomic E-state index is 0.199. The molecule has 2 nitrogen and oxygen atoms in total. The fourth-order valence-corrected chi connectivity index (χ4v) is 1.51. The summed E-state index contributed by atoms with van der Waals surface area (Å²) in [6.45, 7) is 1.41. The van der Waals surface area contributed by atoms with Gasteiger partial charge in [0, 0.05) is 0 Å². The van der Waals surface area contributed by atoms with Crippen molar-refractivity contribution in [2.75, 3.05) is 5.32 Å². The summed E-state index contributed by atoms with van der Waals surface area (Å²) >= 11 is 0. The summed E-state index contributed by atoms with van der Waals surface area (Å²) in [4.78, 5) is 10.8. The second kappa shape index (κ2) is 2.50. The second-order valence-electron chi connectivity index (χ2n) is 3.14. The highest BCUT2D eigenvalue weighted by molar-refractivity contribution is 6.04. The van der Waals surface area contributed by atoms with E-state index in [1.54, 1.807) is 0 Å². The van der Waals surface area contributed by atoms with E-state index in [0.717, 1.165) is 6.07 Å². The Hall–Kier alpha value is -1.52. The molecule has 74 valence electrons. The third kappa shape index (κ3) is 0.950. The summed E-state index contributed by atoms with van der Waals surface area (Å²) in [7, 11) is 0. The van der Waals surface area contributed by atoms with Crippen LogP contribution >= 0.6 is 0 Å². The maximum absolute atomic E-state index is 13.2. The number of anilines is 1. The smallest absolute Gasteiger partial charge is 0.318 e. The summed E-state index contributed by atoms with van der Waals surface area (Å²) < 4.78 is 39.4. The first-order valence-corrected chi connectivity index (χ1v) is 3.93. The number of aryl methyl sites for hydroxylation is 1. The van der Waals surface area contributed by atoms with Crippen LogP contribution in [0.5, 0.6) is 0 Å². The van der Waals surface area contributed by atoms with Gasteiger partial charge in [0.1, 0.15) is 5.82 Å². The Morgan fingerprint density at radius 2 is 2.00 bits per heavy atom. The molecule has 0 radical (unpaired) electrons. The molecule has 0 atom stereocenters. The molecule has 0 unspecified atom stereocenters. The molecular formula is C9H6F3NO. The number of carbonyl (C=O) groups excluding carboxylic acids is 1. The van der Waals surface area contributed by atoms with Crippen LogP contribution in [0.3, 0.4) is 0 Å². The normalized spacial score (nSPS) is 17.9. The van der Waals surface area contributed by atoms with E-state index in [1.165, 1.54) is 13.0 Å². The first-order valence-electron chi connectivity index (χ1n) is 3.93. The van der Waals surface area contributed by atoms with E-state index < -0.39 is 28.9 Å². The highest BCUT2D eigenvalue weighted by Gasteiger charge is 2.50. The molecule has 5 heteroatoms. The SMILES string of the molecule is Cc1ccc(F)c2c1C(F)(F)C(=O)N2. The van der Waals surface area contributed by atoms with Crippen LogP contribution in [0.15, 0.2) is 12.1 Å². The van der Waals surface area contributed by atoms with Gasteiger partial charge in [-0.15, -0.1) is 0 Å². The highest BCUT2D eigenvalue weighted by Crippen LogP contribution is 2.43. The summed E-state index contributed by atoms with van der Waals surface area (Å²) in [6.07, 6.45) is 0. The molecule has 0 aliphatic carbocycles. The lowest BCUT2D eigenvalue weighted by molar-refractivity contribution is -0.139. The van der Waals surface area contributed by atoms with Crippen molar-refractivity contribution >= 4 is 11.6 Å². The zero-order valence-electron chi connectivity index (χ0n) is 7.20. The third-order valence-corrected chi connectivity index (χ3v) is 2.20. The van der Waals surface area contributed by atoms with Crippen molar-refractivity contribution in [1.29, 1.82) is 0 Å². The van der Waals surface area contributed by atoms with E-state index in [2.05, 4.69) is 0 Å². The summed E-state index contributed by atoms with van der Waals surface area (Å²) in [5, 5.41) is 1.83. The number of carbonyl (C=O) groups is 1. The molecule has 1 aliphatic rings. The highest BCUT2D eigenvalue weighted by atomic mass is 19.3. The Labute approximate surface area is 77.7 Å². The first-order chi connectivity index (χ1) is 6.44. The molecule has 1 aromatic carbocycles. The molecule has 0 saturated heterocycles. The number of nitrogens with one attached hydrogen (secondary N) is 1. The standard InChI is InChI=1S/C9H6F3NO/c1-4-2-3-5(10)7-6(4)9(11,12)8(14)13-7/h2-3H,1H3,(H,13,14). The Morgan fingerprint density at radius 1 is 1.36 bits per heavy atom. The van der Waals surface area contributed by atoms with Gasteiger partial charge in [-0.2, -0.15) is 8.78 Å². The summed E-state index contributed by atoms with van der Waals surface area (Å²) in [5.41, 5.74) is -0.757. The number of benzene rings is 1. The molecule has 1 heterocycles. The molecule has 1 aliphatic heterocycles. The number of rotatable bonds is 0. The fourth-order valence-electron chi connectivity index (χ4n) is 1.51. The van der Waals surface area contributed by atoms with Crippen molar-refractivity contribution < 1.29 is 18.0 Å². The lowest BCUT2D eigenvalue weighted by atomic mass is 10.0. The third-order valence-electron chi connectivity index (χ3n) is 2.20. The van der Waals surface area contributed by atoms with Gasteiger partial charge in [0.05, 0.1) is 11.3 Å². The van der Waals surface area contributed by atoms with Crippen molar-refractivity contribution in [3.05, 3.63) is 29.1 Å². The van der Waals surface area contributed by atoms with Gasteiger partial charge < -0.3 is 5.32 Å². The topological polar surface area (TPSA) is 29.1 Å². The Kier molecular flexibility index (Phi) is 1.61. The Balaban J connectivity index is 2.76. The van der Waals surface area contributed by atoms with E-state index in [1.807, 2.05) is 5.32 Å². The van der Waals surface area contributed by atoms with Crippen LogP contribution in [0.4, 0.5) is 18.9 Å². The number of halogens is 3. The van der Waals surface area contributed by atoms with Crippen molar-refractivity contribution in [1.82, 2.24) is 0 Å². The summed E-state index contributed by atoms with van der Waals surface area (Å²) in [6, 6.07) is 2.28. The molecule has 0 fully saturated rings. The van der Waals surface area contributed by atoms with Crippen molar-refractivity contribution in [2.24, 2.45) is 0 Å². The number of amides is 1. The Bertz CT molecular complexity index is 428. The molecule has 14 heavy (non-hydrogen) atoms. The molecular weight excluding hydrogens is 195 g/mol. The average Bonchev–Trinajstić information content (AvgIpc) is 2.33. The molecule has 0 saturated carbocycles. The van der Waals surface area contributed by atoms with Crippen molar-refractivity contribution in [3.8, 4) is 0 Å². The van der Waals surface area contributed by atoms with Crippen molar-refractivity contribution in [3.63, 3.8) is 0 Å². The van der Waals surface area contributed by atoms with Crippen LogP contribution in [-0.4, -0.2) is 5.91 Å². The second-order valence-corrected chi connectivity index (χ2v) is 3.14. The van der Waals surface area contributed by atoms with Crippen LogP contribution in [-0.2, 0) is 10.7 Å². The van der Waals surface area contributed by atoms with E-state index >= 15 is 0 Å². The molecule has 1 N–H and O–H groups in total. The van der Waals surface area contributed by atoms with Crippen molar-refractivity contribution in [2.45, 2.75) is 12.8 Å². The van der Waals surface area contributed by atoms with Gasteiger partial charge >= 0.3 is 5.92 Å². The van der Waals surface area contributed by atoms with Gasteiger partial charge in [0.2, 0.25) is 0 Å². The van der Waals surface area contributed by atoms with E-state index in [-0.39, 0.29) is 5.56 Å². The average molecular weight is 201 g/mol. The lowest BCUT2D eigenvalue weighted by Crippen LogP contribution is -2.24. The molecule has 1 aromatic rings. The number of fused-ring (bicyclic) bond motifs is 1. The largest absolute Gasteiger partial charge is 0.352 e. The molecule has 0 aromatic heterocycles. The zero-order chi connectivity index (χ0) is 10.5. The first kappa shape index (κ1) is 9.05. The zero-order valence-corrected chi connectivity index (χ0v) is 7.20. The van der Waals surface area contributed by atoms with Gasteiger partial charge in [-0.3, -0.25) is 4.79 Å². The quantitative estimate of drug-likeness (QED) is 0.684.